The maximum atomic E-state index is 12.4. The first kappa shape index (κ1) is 13.7. The van der Waals surface area contributed by atoms with Gasteiger partial charge in [-0.25, -0.2) is 0 Å². The van der Waals surface area contributed by atoms with Gasteiger partial charge in [-0.15, -0.1) is 0 Å². The zero-order valence-electron chi connectivity index (χ0n) is 11.6. The number of nitrogens with one attached hydrogen (secondary N) is 1. The van der Waals surface area contributed by atoms with E-state index in [1.807, 2.05) is 12.2 Å². The first-order valence-electron chi connectivity index (χ1n) is 6.94. The summed E-state index contributed by atoms with van der Waals surface area (Å²) in [6, 6.07) is 7.00. The van der Waals surface area contributed by atoms with Crippen molar-refractivity contribution >= 4 is 17.6 Å². The molecule has 0 unspecified atom stereocenters. The molecule has 0 aromatic heterocycles. The molecule has 0 aliphatic heterocycles. The number of allylic oxidation sites excluding steroid dienone is 2. The Morgan fingerprint density at radius 1 is 1.24 bits per heavy atom. The van der Waals surface area contributed by atoms with Crippen LogP contribution in [-0.2, 0) is 9.59 Å². The van der Waals surface area contributed by atoms with Crippen LogP contribution >= 0.6 is 0 Å². The molecule has 1 saturated carbocycles. The first-order valence-corrected chi connectivity index (χ1v) is 6.94. The number of hydrogen-bond donors (Lipinski definition) is 1. The Labute approximate surface area is 122 Å². The van der Waals surface area contributed by atoms with Crippen molar-refractivity contribution in [2.75, 3.05) is 12.4 Å². The maximum Gasteiger partial charge on any atom is 0.228 e. The fourth-order valence-corrected chi connectivity index (χ4v) is 3.43. The Hall–Kier alpha value is -2.30. The van der Waals surface area contributed by atoms with Crippen LogP contribution in [0.4, 0.5) is 5.69 Å². The third kappa shape index (κ3) is 2.39. The molecule has 0 heterocycles. The molecule has 110 valence electrons. The van der Waals surface area contributed by atoms with Gasteiger partial charge in [0.2, 0.25) is 5.91 Å². The van der Waals surface area contributed by atoms with Crippen molar-refractivity contribution in [3.8, 4) is 5.75 Å². The fraction of sp³-hybridized carbons (Fsp3) is 0.375. The molecule has 3 rings (SSSR count). The molecule has 1 N–H and O–H groups in total. The highest BCUT2D eigenvalue weighted by Gasteiger charge is 2.48. The van der Waals surface area contributed by atoms with Crippen LogP contribution in [0.2, 0.25) is 0 Å². The molecule has 21 heavy (non-hydrogen) atoms. The Morgan fingerprint density at radius 2 is 1.95 bits per heavy atom. The quantitative estimate of drug-likeness (QED) is 0.831. The van der Waals surface area contributed by atoms with E-state index in [-0.39, 0.29) is 17.7 Å². The molecule has 1 aromatic rings. The second kappa shape index (κ2) is 5.24. The van der Waals surface area contributed by atoms with Crippen molar-refractivity contribution in [3.05, 3.63) is 36.4 Å². The van der Waals surface area contributed by atoms with Crippen LogP contribution in [0.5, 0.6) is 5.75 Å². The van der Waals surface area contributed by atoms with Gasteiger partial charge in [-0.3, -0.25) is 4.79 Å². The molecule has 5 heteroatoms. The number of amides is 1. The predicted octanol–water partition coefficient (Wildman–Crippen LogP) is 0.822. The second-order valence-corrected chi connectivity index (χ2v) is 5.54. The van der Waals surface area contributed by atoms with Crippen LogP contribution < -0.4 is 15.2 Å². The van der Waals surface area contributed by atoms with E-state index in [9.17, 15) is 14.7 Å². The van der Waals surface area contributed by atoms with Gasteiger partial charge < -0.3 is 20.0 Å². The molecule has 2 aliphatic carbocycles. The number of rotatable bonds is 4. The first-order chi connectivity index (χ1) is 10.1. The van der Waals surface area contributed by atoms with E-state index in [1.54, 1.807) is 31.4 Å². The average Bonchev–Trinajstić information content (AvgIpc) is 3.07. The number of anilines is 1. The molecule has 0 radical (unpaired) electrons. The molecule has 2 aliphatic rings. The number of benzene rings is 1. The minimum Gasteiger partial charge on any atom is -0.550 e. The molecule has 4 atom stereocenters. The molecule has 5 nitrogen and oxygen atoms in total. The lowest BCUT2D eigenvalue weighted by Crippen LogP contribution is -2.42. The van der Waals surface area contributed by atoms with E-state index < -0.39 is 17.8 Å². The Bertz CT molecular complexity index is 610. The molecule has 0 saturated heterocycles. The lowest BCUT2D eigenvalue weighted by Gasteiger charge is -2.27. The lowest BCUT2D eigenvalue weighted by atomic mass is 9.82. The highest BCUT2D eigenvalue weighted by molar-refractivity contribution is 5.96. The molecular formula is C16H16NO4-. The molecule has 1 amide bonds. The van der Waals surface area contributed by atoms with Crippen LogP contribution in [0.15, 0.2) is 36.4 Å². The summed E-state index contributed by atoms with van der Waals surface area (Å²) in [5.74, 6) is -2.16. The molecule has 1 fully saturated rings. The zero-order valence-corrected chi connectivity index (χ0v) is 11.6. The molecule has 1 aromatic carbocycles. The van der Waals surface area contributed by atoms with Gasteiger partial charge in [0.1, 0.15) is 5.75 Å². The Kier molecular flexibility index (Phi) is 3.41. The lowest BCUT2D eigenvalue weighted by molar-refractivity contribution is -0.313. The van der Waals surface area contributed by atoms with Crippen LogP contribution in [0.3, 0.4) is 0 Å². The Balaban J connectivity index is 1.78. The smallest absolute Gasteiger partial charge is 0.228 e. The van der Waals surface area contributed by atoms with Crippen molar-refractivity contribution in [3.63, 3.8) is 0 Å². The van der Waals surface area contributed by atoms with Gasteiger partial charge >= 0.3 is 0 Å². The van der Waals surface area contributed by atoms with E-state index in [1.165, 1.54) is 0 Å². The fourth-order valence-electron chi connectivity index (χ4n) is 3.43. The largest absolute Gasteiger partial charge is 0.550 e. The summed E-state index contributed by atoms with van der Waals surface area (Å²) in [4.78, 5) is 23.8. The molecular weight excluding hydrogens is 270 g/mol. The van der Waals surface area contributed by atoms with Crippen molar-refractivity contribution in [2.45, 2.75) is 6.42 Å². The summed E-state index contributed by atoms with van der Waals surface area (Å²) >= 11 is 0. The van der Waals surface area contributed by atoms with Gasteiger partial charge in [0.25, 0.3) is 0 Å². The van der Waals surface area contributed by atoms with Crippen molar-refractivity contribution < 1.29 is 19.4 Å². The molecule has 2 bridgehead atoms. The highest BCUT2D eigenvalue weighted by Crippen LogP contribution is 2.48. The standard InChI is InChI=1S/C16H17NO4/c1-21-12-4-2-3-11(8-12)17-15(18)13-9-5-6-10(7-9)14(13)16(19)20/h2-6,8-10,13-14H,7H2,1H3,(H,17,18)(H,19,20)/p-1/t9-,10+,13-,14-/m1/s1. The number of carbonyl (C=O) groups excluding carboxylic acids is 2. The van der Waals surface area contributed by atoms with Crippen LogP contribution in [0, 0.1) is 23.7 Å². The summed E-state index contributed by atoms with van der Waals surface area (Å²) in [6.07, 6.45) is 4.55. The summed E-state index contributed by atoms with van der Waals surface area (Å²) in [5, 5.41) is 14.1. The van der Waals surface area contributed by atoms with Crippen molar-refractivity contribution in [1.29, 1.82) is 0 Å². The SMILES string of the molecule is COc1cccc(NC(=O)[C@H]2[C@H](C(=O)[O-])[C@H]3C=C[C@@H]2C3)c1. The van der Waals surface area contributed by atoms with Gasteiger partial charge in [0.05, 0.1) is 13.0 Å². The number of fused-ring (bicyclic) bond motifs is 2. The summed E-state index contributed by atoms with van der Waals surface area (Å²) in [7, 11) is 1.55. The zero-order chi connectivity index (χ0) is 15.0. The third-order valence-electron chi connectivity index (χ3n) is 4.37. The van der Waals surface area contributed by atoms with Crippen LogP contribution in [0.1, 0.15) is 6.42 Å². The molecule has 0 spiro atoms. The van der Waals surface area contributed by atoms with Crippen LogP contribution in [0.25, 0.3) is 0 Å². The number of carboxylic acids is 1. The van der Waals surface area contributed by atoms with E-state index in [2.05, 4.69) is 5.32 Å². The van der Waals surface area contributed by atoms with Gasteiger partial charge in [0, 0.05) is 23.6 Å². The topological polar surface area (TPSA) is 78.5 Å². The number of ether oxygens (including phenoxy) is 1. The number of aliphatic carboxylic acids is 1. The summed E-state index contributed by atoms with van der Waals surface area (Å²) in [5.41, 5.74) is 0.600. The average molecular weight is 286 g/mol. The predicted molar refractivity (Wildman–Crippen MR) is 74.3 cm³/mol. The van der Waals surface area contributed by atoms with Crippen molar-refractivity contribution in [2.24, 2.45) is 23.7 Å². The Morgan fingerprint density at radius 3 is 2.62 bits per heavy atom. The number of hydrogen-bond acceptors (Lipinski definition) is 4. The minimum atomic E-state index is -1.14. The highest BCUT2D eigenvalue weighted by atomic mass is 16.5. The van der Waals surface area contributed by atoms with E-state index in [4.69, 9.17) is 4.74 Å². The van der Waals surface area contributed by atoms with Gasteiger partial charge in [-0.05, 0) is 30.4 Å². The maximum absolute atomic E-state index is 12.4. The van der Waals surface area contributed by atoms with Crippen molar-refractivity contribution in [1.82, 2.24) is 0 Å². The third-order valence-corrected chi connectivity index (χ3v) is 4.37. The summed E-state index contributed by atoms with van der Waals surface area (Å²) in [6.45, 7) is 0. The van der Waals surface area contributed by atoms with Gasteiger partial charge in [-0.2, -0.15) is 0 Å². The normalized spacial score (nSPS) is 29.4. The van der Waals surface area contributed by atoms with Gasteiger partial charge in [-0.1, -0.05) is 18.2 Å². The second-order valence-electron chi connectivity index (χ2n) is 5.54. The van der Waals surface area contributed by atoms with E-state index in [0.29, 0.717) is 11.4 Å². The van der Waals surface area contributed by atoms with Gasteiger partial charge in [0.15, 0.2) is 0 Å². The minimum absolute atomic E-state index is 0.0106. The summed E-state index contributed by atoms with van der Waals surface area (Å²) < 4.78 is 5.10. The van der Waals surface area contributed by atoms with E-state index >= 15 is 0 Å². The monoisotopic (exact) mass is 286 g/mol. The number of carboxylic acid groups (broad SMARTS) is 1. The van der Waals surface area contributed by atoms with E-state index in [0.717, 1.165) is 6.42 Å². The number of methoxy groups -OCH3 is 1. The number of carbonyl (C=O) groups is 2. The van der Waals surface area contributed by atoms with Crippen LogP contribution in [-0.4, -0.2) is 19.0 Å².